The second-order valence-electron chi connectivity index (χ2n) is 3.42. The van der Waals surface area contributed by atoms with E-state index < -0.39 is 5.97 Å². The average molecular weight is 227 g/mol. The van der Waals surface area contributed by atoms with E-state index in [4.69, 9.17) is 15.2 Å². The quantitative estimate of drug-likeness (QED) is 0.748. The molecule has 0 aliphatic rings. The molecule has 0 radical (unpaired) electrons. The van der Waals surface area contributed by atoms with Crippen molar-refractivity contribution in [2.24, 2.45) is 0 Å². The minimum Gasteiger partial charge on any atom is -0.461 e. The highest BCUT2D eigenvalue weighted by molar-refractivity contribution is 5.92. The molecule has 2 N–H and O–H groups in total. The van der Waals surface area contributed by atoms with Gasteiger partial charge in [0, 0.05) is 13.3 Å². The lowest BCUT2D eigenvalue weighted by atomic mass is 10.4. The van der Waals surface area contributed by atoms with Crippen LogP contribution in [0.1, 0.15) is 24.3 Å². The maximum atomic E-state index is 11.4. The molecule has 90 valence electrons. The van der Waals surface area contributed by atoms with Crippen LogP contribution in [0.25, 0.3) is 0 Å². The van der Waals surface area contributed by atoms with Crippen LogP contribution < -0.4 is 5.73 Å². The monoisotopic (exact) mass is 227 g/mol. The zero-order chi connectivity index (χ0) is 12.1. The summed E-state index contributed by atoms with van der Waals surface area (Å²) in [6.07, 6.45) is 1.61. The number of ether oxygens (including phenoxy) is 2. The fraction of sp³-hybridized carbons (Fsp3) is 0.600. The van der Waals surface area contributed by atoms with Gasteiger partial charge in [0.1, 0.15) is 0 Å². The summed E-state index contributed by atoms with van der Waals surface area (Å²) in [5.41, 5.74) is 6.14. The van der Waals surface area contributed by atoms with Crippen LogP contribution in [0.5, 0.6) is 0 Å². The number of nitrogen functional groups attached to an aromatic ring is 1. The standard InChI is InChI=1S/C10H17N3O3/c1-4-16-10(14)9-8(11)6-13(12-9)5-7(2)15-3/h6-7H,4-5,11H2,1-3H3. The molecule has 1 unspecified atom stereocenters. The lowest BCUT2D eigenvalue weighted by molar-refractivity contribution is 0.0517. The van der Waals surface area contributed by atoms with E-state index in [1.165, 1.54) is 0 Å². The molecule has 0 aliphatic carbocycles. The summed E-state index contributed by atoms with van der Waals surface area (Å²) in [4.78, 5) is 11.4. The number of aromatic nitrogens is 2. The average Bonchev–Trinajstić information content (AvgIpc) is 2.59. The molecule has 0 spiro atoms. The zero-order valence-electron chi connectivity index (χ0n) is 9.77. The predicted molar refractivity (Wildman–Crippen MR) is 59.1 cm³/mol. The third-order valence-electron chi connectivity index (χ3n) is 2.11. The maximum Gasteiger partial charge on any atom is 0.361 e. The number of carbonyl (C=O) groups is 1. The topological polar surface area (TPSA) is 79.4 Å². The van der Waals surface area contributed by atoms with E-state index in [1.54, 1.807) is 24.9 Å². The third-order valence-corrected chi connectivity index (χ3v) is 2.11. The van der Waals surface area contributed by atoms with Gasteiger partial charge >= 0.3 is 5.97 Å². The molecule has 0 amide bonds. The van der Waals surface area contributed by atoms with Crippen LogP contribution in [0, 0.1) is 0 Å². The first-order valence-corrected chi connectivity index (χ1v) is 5.11. The van der Waals surface area contributed by atoms with Crippen LogP contribution in [0.15, 0.2) is 6.20 Å². The molecule has 0 bridgehead atoms. The lowest BCUT2D eigenvalue weighted by Crippen LogP contribution is -2.16. The Morgan fingerprint density at radius 1 is 1.69 bits per heavy atom. The summed E-state index contributed by atoms with van der Waals surface area (Å²) in [5, 5.41) is 4.05. The molecule has 6 nitrogen and oxygen atoms in total. The van der Waals surface area contributed by atoms with Gasteiger partial charge in [-0.1, -0.05) is 0 Å². The van der Waals surface area contributed by atoms with Crippen molar-refractivity contribution in [3.8, 4) is 0 Å². The van der Waals surface area contributed by atoms with Gasteiger partial charge in [-0.25, -0.2) is 4.79 Å². The molecule has 1 aromatic rings. The van der Waals surface area contributed by atoms with Crippen molar-refractivity contribution in [1.29, 1.82) is 0 Å². The number of rotatable bonds is 5. The second-order valence-corrected chi connectivity index (χ2v) is 3.42. The van der Waals surface area contributed by atoms with Crippen molar-refractivity contribution in [3.63, 3.8) is 0 Å². The van der Waals surface area contributed by atoms with Crippen LogP contribution in [0.2, 0.25) is 0 Å². The van der Waals surface area contributed by atoms with Crippen molar-refractivity contribution in [2.75, 3.05) is 19.5 Å². The van der Waals surface area contributed by atoms with Gasteiger partial charge in [0.25, 0.3) is 0 Å². The summed E-state index contributed by atoms with van der Waals surface area (Å²) < 4.78 is 11.5. The van der Waals surface area contributed by atoms with Crippen LogP contribution in [0.3, 0.4) is 0 Å². The lowest BCUT2D eigenvalue weighted by Gasteiger charge is -2.08. The third kappa shape index (κ3) is 2.96. The van der Waals surface area contributed by atoms with E-state index in [0.717, 1.165) is 0 Å². The summed E-state index contributed by atoms with van der Waals surface area (Å²) in [6, 6.07) is 0. The molecule has 1 rings (SSSR count). The first kappa shape index (κ1) is 12.5. The Hall–Kier alpha value is -1.56. The Labute approximate surface area is 94.3 Å². The number of nitrogens with zero attached hydrogens (tertiary/aromatic N) is 2. The largest absolute Gasteiger partial charge is 0.461 e. The number of anilines is 1. The molecule has 0 fully saturated rings. The Kier molecular flexibility index (Phi) is 4.30. The molecule has 1 aromatic heterocycles. The minimum atomic E-state index is -0.496. The van der Waals surface area contributed by atoms with Gasteiger partial charge in [0.2, 0.25) is 0 Å². The molecular weight excluding hydrogens is 210 g/mol. The highest BCUT2D eigenvalue weighted by Crippen LogP contribution is 2.11. The summed E-state index contributed by atoms with van der Waals surface area (Å²) >= 11 is 0. The maximum absolute atomic E-state index is 11.4. The molecule has 0 aliphatic heterocycles. The Morgan fingerprint density at radius 2 is 2.38 bits per heavy atom. The zero-order valence-corrected chi connectivity index (χ0v) is 9.77. The Bertz CT molecular complexity index is 362. The van der Waals surface area contributed by atoms with Gasteiger partial charge in [-0.3, -0.25) is 4.68 Å². The minimum absolute atomic E-state index is 0.00865. The van der Waals surface area contributed by atoms with Crippen molar-refractivity contribution in [3.05, 3.63) is 11.9 Å². The summed E-state index contributed by atoms with van der Waals surface area (Å²) in [7, 11) is 1.61. The summed E-state index contributed by atoms with van der Waals surface area (Å²) in [6.45, 7) is 4.49. The van der Waals surface area contributed by atoms with Gasteiger partial charge in [-0.2, -0.15) is 5.10 Å². The van der Waals surface area contributed by atoms with E-state index in [1.807, 2.05) is 6.92 Å². The van der Waals surface area contributed by atoms with Gasteiger partial charge in [0.15, 0.2) is 5.69 Å². The van der Waals surface area contributed by atoms with E-state index >= 15 is 0 Å². The van der Waals surface area contributed by atoms with Crippen LogP contribution in [-0.2, 0) is 16.0 Å². The van der Waals surface area contributed by atoms with E-state index in [0.29, 0.717) is 18.8 Å². The van der Waals surface area contributed by atoms with Gasteiger partial charge in [-0.15, -0.1) is 0 Å². The smallest absolute Gasteiger partial charge is 0.361 e. The fourth-order valence-electron chi connectivity index (χ4n) is 1.23. The first-order chi connectivity index (χ1) is 7.58. The fourth-order valence-corrected chi connectivity index (χ4v) is 1.23. The van der Waals surface area contributed by atoms with Crippen molar-refractivity contribution < 1.29 is 14.3 Å². The number of methoxy groups -OCH3 is 1. The molecular formula is C10H17N3O3. The molecule has 6 heteroatoms. The van der Waals surface area contributed by atoms with Gasteiger partial charge < -0.3 is 15.2 Å². The van der Waals surface area contributed by atoms with Gasteiger partial charge in [-0.05, 0) is 13.8 Å². The van der Waals surface area contributed by atoms with Crippen molar-refractivity contribution in [2.45, 2.75) is 26.5 Å². The Balaban J connectivity index is 2.77. The van der Waals surface area contributed by atoms with Crippen molar-refractivity contribution >= 4 is 11.7 Å². The molecule has 1 heterocycles. The summed E-state index contributed by atoms with van der Waals surface area (Å²) in [5.74, 6) is -0.496. The number of esters is 1. The predicted octanol–water partition coefficient (Wildman–Crippen LogP) is 0.677. The molecule has 16 heavy (non-hydrogen) atoms. The Morgan fingerprint density at radius 3 is 2.94 bits per heavy atom. The molecule has 0 saturated carbocycles. The normalized spacial score (nSPS) is 12.4. The molecule has 0 saturated heterocycles. The van der Waals surface area contributed by atoms with E-state index in [-0.39, 0.29) is 11.8 Å². The first-order valence-electron chi connectivity index (χ1n) is 5.11. The number of hydrogen-bond acceptors (Lipinski definition) is 5. The number of hydrogen-bond donors (Lipinski definition) is 1. The number of nitrogens with two attached hydrogens (primary N) is 1. The van der Waals surface area contributed by atoms with Crippen molar-refractivity contribution in [1.82, 2.24) is 9.78 Å². The van der Waals surface area contributed by atoms with E-state index in [9.17, 15) is 4.79 Å². The highest BCUT2D eigenvalue weighted by atomic mass is 16.5. The van der Waals surface area contributed by atoms with Crippen LogP contribution >= 0.6 is 0 Å². The SMILES string of the molecule is CCOC(=O)c1nn(CC(C)OC)cc1N. The van der Waals surface area contributed by atoms with Gasteiger partial charge in [0.05, 0.1) is 24.9 Å². The number of carbonyl (C=O) groups excluding carboxylic acids is 1. The van der Waals surface area contributed by atoms with Crippen LogP contribution in [0.4, 0.5) is 5.69 Å². The van der Waals surface area contributed by atoms with Crippen LogP contribution in [-0.4, -0.2) is 35.6 Å². The van der Waals surface area contributed by atoms with E-state index in [2.05, 4.69) is 5.10 Å². The molecule has 0 aromatic carbocycles. The second kappa shape index (κ2) is 5.50. The highest BCUT2D eigenvalue weighted by Gasteiger charge is 2.16. The molecule has 1 atom stereocenters.